The zero-order chi connectivity index (χ0) is 14.2. The lowest BCUT2D eigenvalue weighted by Gasteiger charge is -2.30. The Balaban J connectivity index is 2.04. The zero-order valence-corrected chi connectivity index (χ0v) is 12.7. The maximum Gasteiger partial charge on any atom is 0.0453 e. The molecule has 0 spiro atoms. The molecule has 2 N–H and O–H groups in total. The molecule has 1 atom stereocenters. The van der Waals surface area contributed by atoms with Gasteiger partial charge in [0.25, 0.3) is 0 Å². The van der Waals surface area contributed by atoms with Gasteiger partial charge in [0.1, 0.15) is 0 Å². The lowest BCUT2D eigenvalue weighted by molar-refractivity contribution is 0.432. The van der Waals surface area contributed by atoms with Gasteiger partial charge in [-0.05, 0) is 48.1 Å². The first kappa shape index (κ1) is 13.9. The molecule has 1 nitrogen and oxygen atoms in total. The van der Waals surface area contributed by atoms with Crippen molar-refractivity contribution >= 4 is 23.2 Å². The molecule has 3 rings (SSSR count). The Hall–Kier alpha value is -1.02. The minimum absolute atomic E-state index is 0.0365. The third-order valence-electron chi connectivity index (χ3n) is 4.43. The standard InChI is InChI=1S/C17H17Cl2N/c18-15-6-3-7-16(19)13(15)10-17(11-20)9-8-12-4-1-2-5-14(12)17/h1-7H,8-11,20H2. The van der Waals surface area contributed by atoms with E-state index in [1.807, 2.05) is 18.2 Å². The van der Waals surface area contributed by atoms with Gasteiger partial charge < -0.3 is 5.73 Å². The number of fused-ring (bicyclic) bond motifs is 1. The first-order valence-electron chi connectivity index (χ1n) is 6.88. The summed E-state index contributed by atoms with van der Waals surface area (Å²) in [5.41, 5.74) is 9.88. The van der Waals surface area contributed by atoms with Crippen LogP contribution in [0, 0.1) is 0 Å². The molecule has 20 heavy (non-hydrogen) atoms. The van der Waals surface area contributed by atoms with Crippen molar-refractivity contribution in [1.29, 1.82) is 0 Å². The van der Waals surface area contributed by atoms with E-state index in [9.17, 15) is 0 Å². The fourth-order valence-corrected chi connectivity index (χ4v) is 3.80. The zero-order valence-electron chi connectivity index (χ0n) is 11.2. The van der Waals surface area contributed by atoms with Gasteiger partial charge in [0.15, 0.2) is 0 Å². The minimum atomic E-state index is -0.0365. The SMILES string of the molecule is NCC1(Cc2c(Cl)cccc2Cl)CCc2ccccc21. The molecule has 0 radical (unpaired) electrons. The van der Waals surface area contributed by atoms with E-state index >= 15 is 0 Å². The number of hydrogen-bond donors (Lipinski definition) is 1. The van der Waals surface area contributed by atoms with Crippen molar-refractivity contribution in [1.82, 2.24) is 0 Å². The van der Waals surface area contributed by atoms with Gasteiger partial charge in [-0.2, -0.15) is 0 Å². The van der Waals surface area contributed by atoms with Crippen molar-refractivity contribution in [2.24, 2.45) is 5.73 Å². The Kier molecular flexibility index (Phi) is 3.76. The number of nitrogens with two attached hydrogens (primary N) is 1. The monoisotopic (exact) mass is 305 g/mol. The topological polar surface area (TPSA) is 26.0 Å². The maximum absolute atomic E-state index is 6.33. The lowest BCUT2D eigenvalue weighted by Crippen LogP contribution is -2.35. The summed E-state index contributed by atoms with van der Waals surface area (Å²) in [5, 5.41) is 1.46. The Bertz CT molecular complexity index is 618. The van der Waals surface area contributed by atoms with E-state index in [1.54, 1.807) is 0 Å². The second kappa shape index (κ2) is 5.40. The van der Waals surface area contributed by atoms with E-state index in [2.05, 4.69) is 24.3 Å². The van der Waals surface area contributed by atoms with E-state index in [4.69, 9.17) is 28.9 Å². The van der Waals surface area contributed by atoms with Crippen molar-refractivity contribution in [3.05, 3.63) is 69.2 Å². The van der Waals surface area contributed by atoms with E-state index in [-0.39, 0.29) is 5.41 Å². The highest BCUT2D eigenvalue weighted by atomic mass is 35.5. The van der Waals surface area contributed by atoms with Crippen LogP contribution in [0.5, 0.6) is 0 Å². The molecule has 0 aromatic heterocycles. The van der Waals surface area contributed by atoms with Gasteiger partial charge in [-0.15, -0.1) is 0 Å². The van der Waals surface area contributed by atoms with Crippen LogP contribution < -0.4 is 5.73 Å². The molecule has 0 aliphatic heterocycles. The molecule has 1 aliphatic carbocycles. The third kappa shape index (κ3) is 2.24. The molecule has 104 valence electrons. The molecule has 3 heteroatoms. The molecule has 0 fully saturated rings. The average Bonchev–Trinajstić information content (AvgIpc) is 2.83. The van der Waals surface area contributed by atoms with Crippen LogP contribution in [0.2, 0.25) is 10.0 Å². The molecule has 2 aromatic rings. The van der Waals surface area contributed by atoms with Crippen LogP contribution >= 0.6 is 23.2 Å². The second-order valence-electron chi connectivity index (χ2n) is 5.52. The molecular formula is C17H17Cl2N. The van der Waals surface area contributed by atoms with Gasteiger partial charge in [0.2, 0.25) is 0 Å². The Morgan fingerprint density at radius 3 is 2.40 bits per heavy atom. The van der Waals surface area contributed by atoms with E-state index < -0.39 is 0 Å². The molecule has 1 aliphatic rings. The Morgan fingerprint density at radius 1 is 1.00 bits per heavy atom. The summed E-state index contributed by atoms with van der Waals surface area (Å²) in [7, 11) is 0. The highest BCUT2D eigenvalue weighted by molar-refractivity contribution is 6.36. The molecule has 1 unspecified atom stereocenters. The van der Waals surface area contributed by atoms with Crippen LogP contribution in [0.3, 0.4) is 0 Å². The van der Waals surface area contributed by atoms with Crippen LogP contribution in [0.15, 0.2) is 42.5 Å². The van der Waals surface area contributed by atoms with E-state index in [0.717, 1.165) is 34.9 Å². The molecule has 0 bridgehead atoms. The first-order chi connectivity index (χ1) is 9.66. The van der Waals surface area contributed by atoms with E-state index in [1.165, 1.54) is 11.1 Å². The molecule has 0 heterocycles. The van der Waals surface area contributed by atoms with Gasteiger partial charge in [0.05, 0.1) is 0 Å². The molecule has 2 aromatic carbocycles. The Morgan fingerprint density at radius 2 is 1.70 bits per heavy atom. The number of aryl methyl sites for hydroxylation is 1. The first-order valence-corrected chi connectivity index (χ1v) is 7.63. The molecular weight excluding hydrogens is 289 g/mol. The lowest BCUT2D eigenvalue weighted by atomic mass is 9.76. The van der Waals surface area contributed by atoms with Gasteiger partial charge in [-0.1, -0.05) is 53.5 Å². The van der Waals surface area contributed by atoms with Gasteiger partial charge >= 0.3 is 0 Å². The van der Waals surface area contributed by atoms with Crippen LogP contribution in [-0.4, -0.2) is 6.54 Å². The molecule has 0 saturated carbocycles. The molecule has 0 amide bonds. The van der Waals surface area contributed by atoms with Crippen LogP contribution in [0.25, 0.3) is 0 Å². The summed E-state index contributed by atoms with van der Waals surface area (Å²) < 4.78 is 0. The second-order valence-corrected chi connectivity index (χ2v) is 6.33. The van der Waals surface area contributed by atoms with Gasteiger partial charge in [-0.3, -0.25) is 0 Å². The van der Waals surface area contributed by atoms with Crippen LogP contribution in [0.4, 0.5) is 0 Å². The van der Waals surface area contributed by atoms with E-state index in [0.29, 0.717) is 6.54 Å². The van der Waals surface area contributed by atoms with Crippen LogP contribution in [0.1, 0.15) is 23.1 Å². The Labute approximate surface area is 129 Å². The summed E-state index contributed by atoms with van der Waals surface area (Å²) >= 11 is 12.7. The largest absolute Gasteiger partial charge is 0.330 e. The summed E-state index contributed by atoms with van der Waals surface area (Å²) in [6, 6.07) is 14.2. The van der Waals surface area contributed by atoms with Crippen molar-refractivity contribution in [2.45, 2.75) is 24.7 Å². The molecule has 0 saturated heterocycles. The van der Waals surface area contributed by atoms with Crippen molar-refractivity contribution < 1.29 is 0 Å². The van der Waals surface area contributed by atoms with Crippen molar-refractivity contribution in [2.75, 3.05) is 6.54 Å². The fourth-order valence-electron chi connectivity index (χ4n) is 3.27. The smallest absolute Gasteiger partial charge is 0.0453 e. The fraction of sp³-hybridized carbons (Fsp3) is 0.294. The number of hydrogen-bond acceptors (Lipinski definition) is 1. The summed E-state index contributed by atoms with van der Waals surface area (Å²) in [6.45, 7) is 0.617. The highest BCUT2D eigenvalue weighted by Gasteiger charge is 2.38. The van der Waals surface area contributed by atoms with Crippen molar-refractivity contribution in [3.63, 3.8) is 0 Å². The summed E-state index contributed by atoms with van der Waals surface area (Å²) in [4.78, 5) is 0. The predicted octanol–water partition coefficient (Wildman–Crippen LogP) is 4.38. The summed E-state index contributed by atoms with van der Waals surface area (Å²) in [5.74, 6) is 0. The number of halogens is 2. The van der Waals surface area contributed by atoms with Crippen LogP contribution in [-0.2, 0) is 18.3 Å². The predicted molar refractivity (Wildman–Crippen MR) is 85.7 cm³/mol. The third-order valence-corrected chi connectivity index (χ3v) is 5.14. The normalized spacial score (nSPS) is 20.9. The quantitative estimate of drug-likeness (QED) is 0.895. The average molecular weight is 306 g/mol. The van der Waals surface area contributed by atoms with Crippen molar-refractivity contribution in [3.8, 4) is 0 Å². The minimum Gasteiger partial charge on any atom is -0.330 e. The highest BCUT2D eigenvalue weighted by Crippen LogP contribution is 2.42. The number of benzene rings is 2. The summed E-state index contributed by atoms with van der Waals surface area (Å²) in [6.07, 6.45) is 2.94. The maximum atomic E-state index is 6.33. The van der Waals surface area contributed by atoms with Gasteiger partial charge in [0, 0.05) is 22.0 Å². The number of rotatable bonds is 3. The van der Waals surface area contributed by atoms with Gasteiger partial charge in [-0.25, -0.2) is 0 Å².